The highest BCUT2D eigenvalue weighted by atomic mass is 15.1. The van der Waals surface area contributed by atoms with Crippen LogP contribution >= 0.6 is 0 Å². The number of pyridine rings is 2. The lowest BCUT2D eigenvalue weighted by Crippen LogP contribution is -2.31. The number of aryl methyl sites for hydroxylation is 1. The summed E-state index contributed by atoms with van der Waals surface area (Å²) < 4.78 is 0. The van der Waals surface area contributed by atoms with Crippen LogP contribution in [-0.4, -0.2) is 35.0 Å². The highest BCUT2D eigenvalue weighted by molar-refractivity contribution is 5.42. The summed E-state index contributed by atoms with van der Waals surface area (Å²) in [5, 5.41) is 3.15. The predicted octanol–water partition coefficient (Wildman–Crippen LogP) is 2.89. The van der Waals surface area contributed by atoms with Gasteiger partial charge in [-0.15, -0.1) is 0 Å². The molecule has 2 heterocycles. The maximum Gasteiger partial charge on any atom is 0.130 e. The van der Waals surface area contributed by atoms with E-state index >= 15 is 0 Å². The second kappa shape index (κ2) is 7.18. The van der Waals surface area contributed by atoms with Crippen molar-refractivity contribution in [1.29, 1.82) is 0 Å². The lowest BCUT2D eigenvalue weighted by Gasteiger charge is -2.25. The molecule has 0 saturated heterocycles. The number of hydrogen-bond donors (Lipinski definition) is 1. The van der Waals surface area contributed by atoms with Crippen molar-refractivity contribution in [3.05, 3.63) is 53.5 Å². The van der Waals surface area contributed by atoms with E-state index in [1.165, 1.54) is 11.1 Å². The van der Waals surface area contributed by atoms with E-state index in [0.29, 0.717) is 6.04 Å². The first kappa shape index (κ1) is 15.4. The van der Waals surface area contributed by atoms with Crippen molar-refractivity contribution in [2.45, 2.75) is 32.9 Å². The van der Waals surface area contributed by atoms with Crippen molar-refractivity contribution >= 4 is 5.82 Å². The maximum atomic E-state index is 4.45. The van der Waals surface area contributed by atoms with Crippen LogP contribution in [0.5, 0.6) is 0 Å². The lowest BCUT2D eigenvalue weighted by atomic mass is 10.1. The molecule has 1 atom stereocenters. The van der Waals surface area contributed by atoms with Gasteiger partial charge in [0.15, 0.2) is 0 Å². The number of hydrogen-bond acceptors (Lipinski definition) is 4. The molecule has 0 spiro atoms. The van der Waals surface area contributed by atoms with Crippen molar-refractivity contribution in [3.63, 3.8) is 0 Å². The van der Waals surface area contributed by atoms with Crippen molar-refractivity contribution in [2.24, 2.45) is 0 Å². The van der Waals surface area contributed by atoms with Gasteiger partial charge in [-0.25, -0.2) is 4.98 Å². The van der Waals surface area contributed by atoms with Gasteiger partial charge in [0.05, 0.1) is 0 Å². The molecule has 0 amide bonds. The Morgan fingerprint density at radius 3 is 2.76 bits per heavy atom. The topological polar surface area (TPSA) is 41.1 Å². The van der Waals surface area contributed by atoms with Crippen LogP contribution in [0, 0.1) is 6.92 Å². The number of likely N-dealkylation sites (N-methyl/N-ethyl adjacent to an activating group) is 1. The molecule has 1 unspecified atom stereocenters. The number of nitrogens with one attached hydrogen (secondary N) is 1. The van der Waals surface area contributed by atoms with Gasteiger partial charge in [-0.3, -0.25) is 9.88 Å². The van der Waals surface area contributed by atoms with Gasteiger partial charge in [0.1, 0.15) is 5.82 Å². The molecular weight excluding hydrogens is 260 g/mol. The number of aromatic nitrogens is 2. The summed E-state index contributed by atoms with van der Waals surface area (Å²) in [6, 6.07) is 8.72. The Labute approximate surface area is 127 Å². The van der Waals surface area contributed by atoms with E-state index in [2.05, 4.69) is 53.2 Å². The molecule has 0 aliphatic rings. The zero-order valence-electron chi connectivity index (χ0n) is 13.3. The largest absolute Gasteiger partial charge is 0.373 e. The number of nitrogens with zero attached hydrogens (tertiary/aromatic N) is 3. The van der Waals surface area contributed by atoms with E-state index in [4.69, 9.17) is 0 Å². The third-order valence-electron chi connectivity index (χ3n) is 3.78. The fourth-order valence-corrected chi connectivity index (χ4v) is 2.38. The predicted molar refractivity (Wildman–Crippen MR) is 87.4 cm³/mol. The van der Waals surface area contributed by atoms with E-state index < -0.39 is 0 Å². The summed E-state index contributed by atoms with van der Waals surface area (Å²) >= 11 is 0. The Balaban J connectivity index is 2.01. The zero-order chi connectivity index (χ0) is 15.2. The molecular formula is C17H24N4. The lowest BCUT2D eigenvalue weighted by molar-refractivity contribution is 0.247. The molecule has 21 heavy (non-hydrogen) atoms. The third kappa shape index (κ3) is 4.26. The molecule has 0 saturated carbocycles. The molecule has 1 N–H and O–H groups in total. The highest BCUT2D eigenvalue weighted by Crippen LogP contribution is 2.15. The van der Waals surface area contributed by atoms with Crippen molar-refractivity contribution in [1.82, 2.24) is 14.9 Å². The van der Waals surface area contributed by atoms with E-state index in [0.717, 1.165) is 24.5 Å². The van der Waals surface area contributed by atoms with Crippen LogP contribution in [0.25, 0.3) is 0 Å². The van der Waals surface area contributed by atoms with Crippen molar-refractivity contribution in [2.75, 3.05) is 19.4 Å². The van der Waals surface area contributed by atoms with E-state index in [9.17, 15) is 0 Å². The van der Waals surface area contributed by atoms with Gasteiger partial charge in [-0.1, -0.05) is 6.07 Å². The van der Waals surface area contributed by atoms with Crippen LogP contribution in [0.15, 0.2) is 36.7 Å². The standard InChI is InChI=1S/C17H24N4/c1-13-7-9-19-16(10-13)11-14(2)21(4)12-15-6-5-8-20-17(15)18-3/h5-10,14H,11-12H2,1-4H3,(H,18,20). The minimum atomic E-state index is 0.421. The molecule has 0 radical (unpaired) electrons. The summed E-state index contributed by atoms with van der Waals surface area (Å²) in [6.45, 7) is 5.21. The molecule has 2 aromatic heterocycles. The van der Waals surface area contributed by atoms with Crippen molar-refractivity contribution < 1.29 is 0 Å². The molecule has 0 aliphatic carbocycles. The zero-order valence-corrected chi connectivity index (χ0v) is 13.3. The smallest absolute Gasteiger partial charge is 0.130 e. The fourth-order valence-electron chi connectivity index (χ4n) is 2.38. The molecule has 2 rings (SSSR count). The second-order valence-corrected chi connectivity index (χ2v) is 5.55. The molecule has 0 bridgehead atoms. The van der Waals surface area contributed by atoms with Gasteiger partial charge in [0.25, 0.3) is 0 Å². The minimum absolute atomic E-state index is 0.421. The molecule has 0 aromatic carbocycles. The first-order chi connectivity index (χ1) is 10.1. The molecule has 112 valence electrons. The molecule has 0 fully saturated rings. The second-order valence-electron chi connectivity index (χ2n) is 5.55. The van der Waals surface area contributed by atoms with E-state index in [1.807, 2.05) is 31.6 Å². The Bertz CT molecular complexity index is 583. The molecule has 0 aliphatic heterocycles. The Hall–Kier alpha value is -1.94. The van der Waals surface area contributed by atoms with Gasteiger partial charge in [-0.05, 0) is 44.7 Å². The van der Waals surface area contributed by atoms with Crippen LogP contribution in [-0.2, 0) is 13.0 Å². The minimum Gasteiger partial charge on any atom is -0.373 e. The van der Waals surface area contributed by atoms with Crippen LogP contribution in [0.1, 0.15) is 23.7 Å². The monoisotopic (exact) mass is 284 g/mol. The van der Waals surface area contributed by atoms with Crippen LogP contribution in [0.3, 0.4) is 0 Å². The van der Waals surface area contributed by atoms with E-state index in [-0.39, 0.29) is 0 Å². The van der Waals surface area contributed by atoms with Gasteiger partial charge < -0.3 is 5.32 Å². The highest BCUT2D eigenvalue weighted by Gasteiger charge is 2.13. The third-order valence-corrected chi connectivity index (χ3v) is 3.78. The first-order valence-electron chi connectivity index (χ1n) is 7.33. The SMILES string of the molecule is CNc1ncccc1CN(C)C(C)Cc1cc(C)ccn1. The Morgan fingerprint density at radius 2 is 2.05 bits per heavy atom. The Morgan fingerprint density at radius 1 is 1.24 bits per heavy atom. The molecule has 4 nitrogen and oxygen atoms in total. The van der Waals surface area contributed by atoms with Crippen LogP contribution in [0.2, 0.25) is 0 Å². The van der Waals surface area contributed by atoms with E-state index in [1.54, 1.807) is 0 Å². The van der Waals surface area contributed by atoms with Crippen LogP contribution in [0.4, 0.5) is 5.82 Å². The summed E-state index contributed by atoms with van der Waals surface area (Å²) in [4.78, 5) is 11.1. The average molecular weight is 284 g/mol. The van der Waals surface area contributed by atoms with Gasteiger partial charge >= 0.3 is 0 Å². The average Bonchev–Trinajstić information content (AvgIpc) is 2.47. The van der Waals surface area contributed by atoms with Gasteiger partial charge in [-0.2, -0.15) is 0 Å². The Kier molecular flexibility index (Phi) is 5.28. The fraction of sp³-hybridized carbons (Fsp3) is 0.412. The molecule has 4 heteroatoms. The maximum absolute atomic E-state index is 4.45. The normalized spacial score (nSPS) is 12.4. The van der Waals surface area contributed by atoms with Crippen molar-refractivity contribution in [3.8, 4) is 0 Å². The summed E-state index contributed by atoms with van der Waals surface area (Å²) in [6.07, 6.45) is 4.65. The summed E-state index contributed by atoms with van der Waals surface area (Å²) in [5.41, 5.74) is 3.63. The molecule has 2 aromatic rings. The summed E-state index contributed by atoms with van der Waals surface area (Å²) in [7, 11) is 4.05. The van der Waals surface area contributed by atoms with Gasteiger partial charge in [0, 0.05) is 49.7 Å². The number of anilines is 1. The number of rotatable bonds is 6. The summed E-state index contributed by atoms with van der Waals surface area (Å²) in [5.74, 6) is 0.949. The van der Waals surface area contributed by atoms with Crippen LogP contribution < -0.4 is 5.32 Å². The van der Waals surface area contributed by atoms with Gasteiger partial charge in [0.2, 0.25) is 0 Å². The quantitative estimate of drug-likeness (QED) is 0.885. The first-order valence-corrected chi connectivity index (χ1v) is 7.33.